The van der Waals surface area contributed by atoms with Gasteiger partial charge in [-0.2, -0.15) is 0 Å². The van der Waals surface area contributed by atoms with E-state index in [0.29, 0.717) is 6.54 Å². The number of hydrogen-bond acceptors (Lipinski definition) is 2. The minimum Gasteiger partial charge on any atom is -0.486 e. The number of para-hydroxylation sites is 2. The highest BCUT2D eigenvalue weighted by Gasteiger charge is 2.28. The van der Waals surface area contributed by atoms with Crippen LogP contribution in [0, 0.1) is 13.8 Å². The van der Waals surface area contributed by atoms with Crippen molar-refractivity contribution in [3.63, 3.8) is 0 Å². The van der Waals surface area contributed by atoms with Crippen LogP contribution in [0.25, 0.3) is 0 Å². The molecule has 0 bridgehead atoms. The first-order chi connectivity index (χ1) is 11.1. The van der Waals surface area contributed by atoms with Crippen LogP contribution in [0.15, 0.2) is 42.5 Å². The number of aryl methyl sites for hydroxylation is 2. The van der Waals surface area contributed by atoms with Crippen molar-refractivity contribution < 1.29 is 9.53 Å². The molecule has 1 N–H and O–H groups in total. The van der Waals surface area contributed by atoms with Gasteiger partial charge in [-0.25, -0.2) is 4.79 Å². The number of carbonyl (C=O) groups excluding carboxylic acids is 1. The summed E-state index contributed by atoms with van der Waals surface area (Å²) in [5.74, 6) is 0.765. The van der Waals surface area contributed by atoms with Crippen LogP contribution in [0.5, 0.6) is 5.75 Å². The molecule has 0 unspecified atom stereocenters. The second-order valence-electron chi connectivity index (χ2n) is 5.97. The summed E-state index contributed by atoms with van der Waals surface area (Å²) in [6.07, 6.45) is 0.885. The molecule has 2 aromatic rings. The average Bonchev–Trinajstić information content (AvgIpc) is 2.57. The molecule has 0 radical (unpaired) electrons. The smallest absolute Gasteiger partial charge is 0.326 e. The van der Waals surface area contributed by atoms with Crippen molar-refractivity contribution in [1.82, 2.24) is 0 Å². The number of urea groups is 1. The fraction of sp³-hybridized carbons (Fsp3) is 0.316. The molecule has 1 atom stereocenters. The van der Waals surface area contributed by atoms with Gasteiger partial charge in [-0.3, -0.25) is 4.90 Å². The lowest BCUT2D eigenvalue weighted by atomic mass is 10.1. The van der Waals surface area contributed by atoms with Crippen LogP contribution >= 0.6 is 0 Å². The number of amides is 2. The van der Waals surface area contributed by atoms with Gasteiger partial charge in [0.15, 0.2) is 0 Å². The number of fused-ring (bicyclic) bond motifs is 1. The standard InChI is InChI=1S/C19H22N2O2/c1-4-15-12-21(17-7-5-6-8-18(17)23-15)19(22)20-16-11-13(2)9-10-14(16)3/h5-11,15H,4,12H2,1-3H3,(H,20,22)/t15-/m1/s1. The molecule has 1 aliphatic rings. The lowest BCUT2D eigenvalue weighted by molar-refractivity contribution is 0.188. The van der Waals surface area contributed by atoms with Gasteiger partial charge < -0.3 is 10.1 Å². The van der Waals surface area contributed by atoms with Crippen LogP contribution in [0.4, 0.5) is 16.2 Å². The van der Waals surface area contributed by atoms with Crippen LogP contribution in [-0.2, 0) is 0 Å². The van der Waals surface area contributed by atoms with Gasteiger partial charge in [0.2, 0.25) is 0 Å². The van der Waals surface area contributed by atoms with E-state index in [9.17, 15) is 4.79 Å². The molecule has 4 heteroatoms. The van der Waals surface area contributed by atoms with Crippen LogP contribution in [0.2, 0.25) is 0 Å². The Labute approximate surface area is 137 Å². The molecule has 0 aliphatic carbocycles. The third-order valence-electron chi connectivity index (χ3n) is 4.17. The molecule has 23 heavy (non-hydrogen) atoms. The molecule has 0 saturated carbocycles. The van der Waals surface area contributed by atoms with Crippen LogP contribution in [0.3, 0.4) is 0 Å². The Bertz CT molecular complexity index is 727. The molecular weight excluding hydrogens is 288 g/mol. The summed E-state index contributed by atoms with van der Waals surface area (Å²) >= 11 is 0. The summed E-state index contributed by atoms with van der Waals surface area (Å²) in [4.78, 5) is 14.6. The molecule has 1 aliphatic heterocycles. The van der Waals surface area contributed by atoms with E-state index in [1.165, 1.54) is 0 Å². The van der Waals surface area contributed by atoms with Crippen LogP contribution in [-0.4, -0.2) is 18.7 Å². The zero-order chi connectivity index (χ0) is 16.4. The number of nitrogens with zero attached hydrogens (tertiary/aromatic N) is 1. The van der Waals surface area contributed by atoms with Crippen molar-refractivity contribution in [2.24, 2.45) is 0 Å². The lowest BCUT2D eigenvalue weighted by Gasteiger charge is -2.34. The second kappa shape index (κ2) is 6.32. The summed E-state index contributed by atoms with van der Waals surface area (Å²) in [7, 11) is 0. The van der Waals surface area contributed by atoms with Crippen molar-refractivity contribution in [3.8, 4) is 5.75 Å². The first-order valence-electron chi connectivity index (χ1n) is 8.00. The fourth-order valence-corrected chi connectivity index (χ4v) is 2.76. The lowest BCUT2D eigenvalue weighted by Crippen LogP contribution is -2.45. The van der Waals surface area contributed by atoms with E-state index in [4.69, 9.17) is 4.74 Å². The van der Waals surface area contributed by atoms with E-state index in [0.717, 1.165) is 34.7 Å². The molecule has 2 aromatic carbocycles. The number of rotatable bonds is 2. The Balaban J connectivity index is 1.88. The van der Waals surface area contributed by atoms with E-state index in [1.807, 2.05) is 56.3 Å². The molecule has 0 saturated heterocycles. The van der Waals surface area contributed by atoms with Crippen molar-refractivity contribution in [2.75, 3.05) is 16.8 Å². The highest BCUT2D eigenvalue weighted by atomic mass is 16.5. The molecule has 3 rings (SSSR count). The maximum atomic E-state index is 12.8. The minimum atomic E-state index is -0.118. The van der Waals surface area contributed by atoms with Gasteiger partial charge in [-0.1, -0.05) is 31.2 Å². The van der Waals surface area contributed by atoms with Crippen molar-refractivity contribution in [1.29, 1.82) is 0 Å². The van der Waals surface area contributed by atoms with Gasteiger partial charge in [0.05, 0.1) is 12.2 Å². The van der Waals surface area contributed by atoms with Gasteiger partial charge in [0.1, 0.15) is 11.9 Å². The number of benzene rings is 2. The van der Waals surface area contributed by atoms with E-state index in [1.54, 1.807) is 4.90 Å². The number of anilines is 2. The molecule has 2 amide bonds. The Morgan fingerprint density at radius 3 is 2.83 bits per heavy atom. The maximum absolute atomic E-state index is 12.8. The van der Waals surface area contributed by atoms with Crippen molar-refractivity contribution in [2.45, 2.75) is 33.3 Å². The highest BCUT2D eigenvalue weighted by molar-refractivity contribution is 6.03. The summed E-state index contributed by atoms with van der Waals surface area (Å²) in [6, 6.07) is 13.6. The Kier molecular flexibility index (Phi) is 4.24. The molecule has 120 valence electrons. The summed E-state index contributed by atoms with van der Waals surface area (Å²) < 4.78 is 5.93. The first-order valence-corrected chi connectivity index (χ1v) is 8.00. The maximum Gasteiger partial charge on any atom is 0.326 e. The zero-order valence-electron chi connectivity index (χ0n) is 13.8. The van der Waals surface area contributed by atoms with Crippen LogP contribution < -0.4 is 15.0 Å². The first kappa shape index (κ1) is 15.4. The number of hydrogen-bond donors (Lipinski definition) is 1. The van der Waals surface area contributed by atoms with E-state index in [-0.39, 0.29) is 12.1 Å². The number of ether oxygens (including phenoxy) is 1. The molecule has 0 spiro atoms. The monoisotopic (exact) mass is 310 g/mol. The largest absolute Gasteiger partial charge is 0.486 e. The molecule has 1 heterocycles. The van der Waals surface area contributed by atoms with Gasteiger partial charge in [0, 0.05) is 5.69 Å². The molecular formula is C19H22N2O2. The number of carbonyl (C=O) groups is 1. The van der Waals surface area contributed by atoms with Gasteiger partial charge >= 0.3 is 6.03 Å². The quantitative estimate of drug-likeness (QED) is 0.886. The van der Waals surface area contributed by atoms with Crippen LogP contribution in [0.1, 0.15) is 24.5 Å². The third-order valence-corrected chi connectivity index (χ3v) is 4.17. The van der Waals surface area contributed by atoms with Gasteiger partial charge in [-0.15, -0.1) is 0 Å². The average molecular weight is 310 g/mol. The van der Waals surface area contributed by atoms with E-state index >= 15 is 0 Å². The van der Waals surface area contributed by atoms with Gasteiger partial charge in [-0.05, 0) is 49.6 Å². The summed E-state index contributed by atoms with van der Waals surface area (Å²) in [6.45, 7) is 6.65. The fourth-order valence-electron chi connectivity index (χ4n) is 2.76. The summed E-state index contributed by atoms with van der Waals surface area (Å²) in [5.41, 5.74) is 3.85. The molecule has 0 aromatic heterocycles. The topological polar surface area (TPSA) is 41.6 Å². The van der Waals surface area contributed by atoms with E-state index in [2.05, 4.69) is 12.2 Å². The minimum absolute atomic E-state index is 0.0225. The highest BCUT2D eigenvalue weighted by Crippen LogP contribution is 2.34. The Morgan fingerprint density at radius 2 is 2.04 bits per heavy atom. The van der Waals surface area contributed by atoms with Gasteiger partial charge in [0.25, 0.3) is 0 Å². The second-order valence-corrected chi connectivity index (χ2v) is 5.97. The molecule has 0 fully saturated rings. The van der Waals surface area contributed by atoms with E-state index < -0.39 is 0 Å². The number of nitrogens with one attached hydrogen (secondary N) is 1. The Hall–Kier alpha value is -2.49. The van der Waals surface area contributed by atoms with Crippen molar-refractivity contribution >= 4 is 17.4 Å². The molecule has 4 nitrogen and oxygen atoms in total. The predicted molar refractivity (Wildman–Crippen MR) is 93.4 cm³/mol. The zero-order valence-corrected chi connectivity index (χ0v) is 13.8. The van der Waals surface area contributed by atoms with Crippen molar-refractivity contribution in [3.05, 3.63) is 53.6 Å². The normalized spacial score (nSPS) is 16.5. The SMILES string of the molecule is CC[C@@H]1CN(C(=O)Nc2cc(C)ccc2C)c2ccccc2O1. The predicted octanol–water partition coefficient (Wildman–Crippen LogP) is 4.51. The third kappa shape index (κ3) is 3.16. The summed E-state index contributed by atoms with van der Waals surface area (Å²) in [5, 5.41) is 3.04. The Morgan fingerprint density at radius 1 is 1.26 bits per heavy atom.